The predicted octanol–water partition coefficient (Wildman–Crippen LogP) is 5.83. The van der Waals surface area contributed by atoms with Gasteiger partial charge in [0.05, 0.1) is 0 Å². The number of fused-ring (bicyclic) bond motifs is 5. The molecule has 1 aromatic rings. The standard InChI is InChI=1S/C20H22O.C2H6/c1-13-10-18-16-8-9-17(11-16)20(18,12-14(13)2)19(21)15-6-4-3-5-7-15;1-2/h3-9,16-18H,10-12H2,1-2H3;1-2H3. The fraction of sp³-hybridized carbons (Fsp3) is 0.500. The number of ketones is 1. The maximum absolute atomic E-state index is 13.4. The molecule has 122 valence electrons. The van der Waals surface area contributed by atoms with Crippen LogP contribution in [-0.2, 0) is 0 Å². The fourth-order valence-corrected chi connectivity index (χ4v) is 5.03. The Morgan fingerprint density at radius 3 is 2.43 bits per heavy atom. The van der Waals surface area contributed by atoms with Crippen molar-refractivity contribution in [1.82, 2.24) is 0 Å². The first kappa shape index (κ1) is 16.2. The summed E-state index contributed by atoms with van der Waals surface area (Å²) in [7, 11) is 0. The second kappa shape index (κ2) is 6.11. The van der Waals surface area contributed by atoms with Crippen molar-refractivity contribution in [2.75, 3.05) is 0 Å². The van der Waals surface area contributed by atoms with E-state index in [0.717, 1.165) is 18.4 Å². The minimum Gasteiger partial charge on any atom is -0.294 e. The predicted molar refractivity (Wildman–Crippen MR) is 96.4 cm³/mol. The molecule has 1 fully saturated rings. The molecule has 0 spiro atoms. The van der Waals surface area contributed by atoms with Crippen LogP contribution in [0.5, 0.6) is 0 Å². The number of allylic oxidation sites excluding steroid dienone is 4. The van der Waals surface area contributed by atoms with Gasteiger partial charge in [0, 0.05) is 11.0 Å². The number of Topliss-reactive ketones (excluding diaryl/α,β-unsaturated/α-hetero) is 1. The lowest BCUT2D eigenvalue weighted by Crippen LogP contribution is -2.44. The maximum atomic E-state index is 13.4. The molecule has 0 aliphatic heterocycles. The van der Waals surface area contributed by atoms with Crippen molar-refractivity contribution in [3.63, 3.8) is 0 Å². The molecule has 0 heterocycles. The quantitative estimate of drug-likeness (QED) is 0.496. The Bertz CT molecular complexity index is 652. The highest BCUT2D eigenvalue weighted by Crippen LogP contribution is 2.63. The van der Waals surface area contributed by atoms with E-state index in [9.17, 15) is 4.79 Å². The molecule has 4 unspecified atom stereocenters. The zero-order valence-corrected chi connectivity index (χ0v) is 14.8. The smallest absolute Gasteiger partial charge is 0.170 e. The molecule has 0 amide bonds. The molecule has 3 aliphatic rings. The summed E-state index contributed by atoms with van der Waals surface area (Å²) >= 11 is 0. The molecular formula is C22H28O. The summed E-state index contributed by atoms with van der Waals surface area (Å²) < 4.78 is 0. The summed E-state index contributed by atoms with van der Waals surface area (Å²) in [5.41, 5.74) is 3.69. The van der Waals surface area contributed by atoms with Crippen molar-refractivity contribution in [1.29, 1.82) is 0 Å². The summed E-state index contributed by atoms with van der Waals surface area (Å²) in [4.78, 5) is 13.4. The molecule has 3 aliphatic carbocycles. The van der Waals surface area contributed by atoms with Crippen LogP contribution in [0.25, 0.3) is 0 Å². The first-order chi connectivity index (χ1) is 11.1. The Morgan fingerprint density at radius 2 is 1.74 bits per heavy atom. The van der Waals surface area contributed by atoms with Gasteiger partial charge in [-0.3, -0.25) is 4.79 Å². The van der Waals surface area contributed by atoms with Crippen molar-refractivity contribution in [2.24, 2.45) is 23.2 Å². The van der Waals surface area contributed by atoms with E-state index in [2.05, 4.69) is 26.0 Å². The molecular weight excluding hydrogens is 280 g/mol. The van der Waals surface area contributed by atoms with Gasteiger partial charge in [-0.05, 0) is 50.9 Å². The normalized spacial score (nSPS) is 34.0. The molecule has 1 nitrogen and oxygen atoms in total. The van der Waals surface area contributed by atoms with Gasteiger partial charge in [0.15, 0.2) is 5.78 Å². The van der Waals surface area contributed by atoms with Gasteiger partial charge in [-0.25, -0.2) is 0 Å². The Labute approximate surface area is 140 Å². The average Bonchev–Trinajstić information content (AvgIpc) is 3.19. The monoisotopic (exact) mass is 308 g/mol. The molecule has 23 heavy (non-hydrogen) atoms. The highest BCUT2D eigenvalue weighted by atomic mass is 16.1. The summed E-state index contributed by atoms with van der Waals surface area (Å²) in [5.74, 6) is 1.97. The van der Waals surface area contributed by atoms with Crippen LogP contribution >= 0.6 is 0 Å². The number of carbonyl (C=O) groups excluding carboxylic acids is 1. The van der Waals surface area contributed by atoms with Crippen molar-refractivity contribution in [3.05, 3.63) is 59.2 Å². The third-order valence-electron chi connectivity index (χ3n) is 6.23. The van der Waals surface area contributed by atoms with Crippen LogP contribution in [0.1, 0.15) is 57.3 Å². The molecule has 0 N–H and O–H groups in total. The Kier molecular flexibility index (Phi) is 4.31. The molecule has 1 aromatic carbocycles. The second-order valence-electron chi connectivity index (χ2n) is 7.17. The minimum absolute atomic E-state index is 0.162. The van der Waals surface area contributed by atoms with Crippen LogP contribution in [0.4, 0.5) is 0 Å². The second-order valence-corrected chi connectivity index (χ2v) is 7.17. The molecule has 1 heteroatoms. The van der Waals surface area contributed by atoms with Crippen molar-refractivity contribution in [3.8, 4) is 0 Å². The van der Waals surface area contributed by atoms with Gasteiger partial charge in [-0.15, -0.1) is 0 Å². The van der Waals surface area contributed by atoms with E-state index in [4.69, 9.17) is 0 Å². The van der Waals surface area contributed by atoms with Crippen molar-refractivity contribution in [2.45, 2.75) is 47.0 Å². The van der Waals surface area contributed by atoms with Gasteiger partial charge in [0.2, 0.25) is 0 Å². The highest BCUT2D eigenvalue weighted by molar-refractivity contribution is 6.02. The minimum atomic E-state index is -0.162. The lowest BCUT2D eigenvalue weighted by Gasteiger charge is -2.45. The number of benzene rings is 1. The van der Waals surface area contributed by atoms with E-state index in [0.29, 0.717) is 23.5 Å². The summed E-state index contributed by atoms with van der Waals surface area (Å²) in [6.07, 6.45) is 7.96. The van der Waals surface area contributed by atoms with Crippen LogP contribution in [0.2, 0.25) is 0 Å². The number of hydrogen-bond donors (Lipinski definition) is 0. The topological polar surface area (TPSA) is 17.1 Å². The van der Waals surface area contributed by atoms with Gasteiger partial charge in [-0.2, -0.15) is 0 Å². The lowest BCUT2D eigenvalue weighted by molar-refractivity contribution is 0.0592. The first-order valence-corrected chi connectivity index (χ1v) is 9.06. The van der Waals surface area contributed by atoms with Crippen LogP contribution < -0.4 is 0 Å². The molecule has 1 saturated carbocycles. The van der Waals surface area contributed by atoms with Gasteiger partial charge in [0.25, 0.3) is 0 Å². The van der Waals surface area contributed by atoms with Gasteiger partial charge < -0.3 is 0 Å². The largest absolute Gasteiger partial charge is 0.294 e. The third kappa shape index (κ3) is 2.33. The van der Waals surface area contributed by atoms with E-state index in [-0.39, 0.29) is 5.41 Å². The highest BCUT2D eigenvalue weighted by Gasteiger charge is 2.60. The molecule has 4 atom stereocenters. The molecule has 4 rings (SSSR count). The number of hydrogen-bond acceptors (Lipinski definition) is 1. The Hall–Kier alpha value is -1.63. The zero-order chi connectivity index (χ0) is 16.6. The van der Waals surface area contributed by atoms with E-state index in [1.165, 1.54) is 17.6 Å². The van der Waals surface area contributed by atoms with E-state index in [1.54, 1.807) is 0 Å². The van der Waals surface area contributed by atoms with Crippen molar-refractivity contribution >= 4 is 5.78 Å². The Morgan fingerprint density at radius 1 is 1.04 bits per heavy atom. The van der Waals surface area contributed by atoms with Gasteiger partial charge >= 0.3 is 0 Å². The van der Waals surface area contributed by atoms with Crippen LogP contribution in [-0.4, -0.2) is 5.78 Å². The first-order valence-electron chi connectivity index (χ1n) is 9.06. The summed E-state index contributed by atoms with van der Waals surface area (Å²) in [5, 5.41) is 0. The van der Waals surface area contributed by atoms with E-state index >= 15 is 0 Å². The van der Waals surface area contributed by atoms with Gasteiger partial charge in [-0.1, -0.05) is 67.5 Å². The van der Waals surface area contributed by atoms with Crippen molar-refractivity contribution < 1.29 is 4.79 Å². The summed E-state index contributed by atoms with van der Waals surface area (Å²) in [6.45, 7) is 8.48. The fourth-order valence-electron chi connectivity index (χ4n) is 5.03. The Balaban J connectivity index is 0.000000753. The SMILES string of the molecule is CC.CC1=C(C)CC2(C(=O)c3ccccc3)C3C=CC(C3)C2C1. The molecule has 2 bridgehead atoms. The lowest BCUT2D eigenvalue weighted by atomic mass is 9.57. The third-order valence-corrected chi connectivity index (χ3v) is 6.23. The summed E-state index contributed by atoms with van der Waals surface area (Å²) in [6, 6.07) is 9.94. The van der Waals surface area contributed by atoms with Crippen LogP contribution in [0, 0.1) is 23.2 Å². The average molecular weight is 308 g/mol. The molecule has 0 aromatic heterocycles. The maximum Gasteiger partial charge on any atom is 0.170 e. The van der Waals surface area contributed by atoms with Gasteiger partial charge in [0.1, 0.15) is 0 Å². The van der Waals surface area contributed by atoms with E-state index in [1.807, 2.05) is 44.2 Å². The molecule has 0 saturated heterocycles. The van der Waals surface area contributed by atoms with Crippen LogP contribution in [0.3, 0.4) is 0 Å². The number of rotatable bonds is 2. The van der Waals surface area contributed by atoms with Crippen LogP contribution in [0.15, 0.2) is 53.6 Å². The number of carbonyl (C=O) groups is 1. The van der Waals surface area contributed by atoms with E-state index < -0.39 is 0 Å². The zero-order valence-electron chi connectivity index (χ0n) is 14.8. The molecule has 0 radical (unpaired) electrons.